The second-order valence-electron chi connectivity index (χ2n) is 7.50. The Morgan fingerprint density at radius 1 is 1.31 bits per heavy atom. The summed E-state index contributed by atoms with van der Waals surface area (Å²) in [6.07, 6.45) is 6.65. The lowest BCUT2D eigenvalue weighted by molar-refractivity contribution is -0.146. The van der Waals surface area contributed by atoms with Crippen LogP contribution in [0.3, 0.4) is 0 Å². The van der Waals surface area contributed by atoms with Crippen molar-refractivity contribution in [3.8, 4) is 18.1 Å². The lowest BCUT2D eigenvalue weighted by atomic mass is 9.99. The molecule has 2 aromatic rings. The number of terminal acetylenes is 1. The molecule has 2 atom stereocenters. The van der Waals surface area contributed by atoms with Gasteiger partial charge >= 0.3 is 0 Å². The van der Waals surface area contributed by atoms with E-state index in [0.29, 0.717) is 12.2 Å². The van der Waals surface area contributed by atoms with Crippen molar-refractivity contribution in [2.24, 2.45) is 0 Å². The summed E-state index contributed by atoms with van der Waals surface area (Å²) < 4.78 is 43.9. The van der Waals surface area contributed by atoms with Crippen LogP contribution in [0.25, 0.3) is 0 Å². The Hall–Kier alpha value is -2.88. The fourth-order valence-corrected chi connectivity index (χ4v) is 5.71. The predicted molar refractivity (Wildman–Crippen MR) is 131 cm³/mol. The van der Waals surface area contributed by atoms with E-state index < -0.39 is 22.2 Å². The van der Waals surface area contributed by atoms with Gasteiger partial charge in [-0.15, -0.1) is 17.8 Å². The highest BCUT2D eigenvalue weighted by molar-refractivity contribution is 7.89. The van der Waals surface area contributed by atoms with Gasteiger partial charge in [0.25, 0.3) is 5.91 Å². The molecular weight excluding hydrogens is 492 g/mol. The third-order valence-corrected chi connectivity index (χ3v) is 8.15. The molecule has 0 saturated heterocycles. The number of hydrogen-bond acceptors (Lipinski definition) is 8. The Bertz CT molecular complexity index is 1140. The molecule has 35 heavy (non-hydrogen) atoms. The Morgan fingerprint density at radius 3 is 2.71 bits per heavy atom. The van der Waals surface area contributed by atoms with Crippen LogP contribution in [0.4, 0.5) is 0 Å². The number of thiophene rings is 1. The molecule has 0 aliphatic carbocycles. The van der Waals surface area contributed by atoms with E-state index in [1.54, 1.807) is 29.5 Å². The van der Waals surface area contributed by atoms with Crippen molar-refractivity contribution in [1.29, 1.82) is 0 Å². The number of sulfonamides is 1. The summed E-state index contributed by atoms with van der Waals surface area (Å²) in [4.78, 5) is 13.6. The number of rotatable bonds is 12. The van der Waals surface area contributed by atoms with Gasteiger partial charge in [-0.25, -0.2) is 8.42 Å². The minimum absolute atomic E-state index is 0.00351. The molecular formula is C24H28N2O7S2. The highest BCUT2D eigenvalue weighted by Crippen LogP contribution is 2.33. The van der Waals surface area contributed by atoms with Gasteiger partial charge in [-0.3, -0.25) is 4.79 Å². The first kappa shape index (κ1) is 26.7. The largest absolute Gasteiger partial charge is 0.497 e. The standard InChI is InChI=1S/C24H28N2O7S2/c1-3-10-25-24(28)21-16-18(22-5-4-15-34-22)17-23(33-21)32-14-12-26(11-13-27)35(29,30)20-8-6-19(31-2)7-9-20/h1,4-9,15-16,18,23,27H,10-14,17H2,2H3,(H,25,28)/t18-,23+/m1/s1. The molecule has 0 unspecified atom stereocenters. The van der Waals surface area contributed by atoms with E-state index in [1.807, 2.05) is 17.5 Å². The van der Waals surface area contributed by atoms with Gasteiger partial charge in [0.2, 0.25) is 16.3 Å². The van der Waals surface area contributed by atoms with Gasteiger partial charge in [0, 0.05) is 30.3 Å². The van der Waals surface area contributed by atoms with Crippen LogP contribution in [-0.4, -0.2) is 70.0 Å². The molecule has 9 nitrogen and oxygen atoms in total. The maximum absolute atomic E-state index is 13.1. The maximum atomic E-state index is 13.1. The average molecular weight is 521 g/mol. The van der Waals surface area contributed by atoms with Gasteiger partial charge in [0.05, 0.1) is 31.8 Å². The molecule has 2 heterocycles. The van der Waals surface area contributed by atoms with Gasteiger partial charge in [0.15, 0.2) is 5.76 Å². The first-order chi connectivity index (χ1) is 16.9. The fraction of sp³-hybridized carbons (Fsp3) is 0.375. The summed E-state index contributed by atoms with van der Waals surface area (Å²) in [5.74, 6) is 2.44. The molecule has 1 aromatic heterocycles. The van der Waals surface area contributed by atoms with Crippen LogP contribution in [0.5, 0.6) is 5.75 Å². The van der Waals surface area contributed by atoms with Crippen LogP contribution in [0.1, 0.15) is 17.2 Å². The molecule has 0 bridgehead atoms. The van der Waals surface area contributed by atoms with Crippen LogP contribution in [0.2, 0.25) is 0 Å². The number of aliphatic hydroxyl groups is 1. The molecule has 0 fully saturated rings. The number of nitrogens with one attached hydrogen (secondary N) is 1. The second-order valence-corrected chi connectivity index (χ2v) is 10.4. The van der Waals surface area contributed by atoms with Crippen molar-refractivity contribution >= 4 is 27.3 Å². The molecule has 3 rings (SSSR count). The molecule has 0 saturated carbocycles. The molecule has 11 heteroatoms. The van der Waals surface area contributed by atoms with E-state index in [0.717, 1.165) is 9.18 Å². The minimum Gasteiger partial charge on any atom is -0.497 e. The molecule has 0 radical (unpaired) electrons. The lowest BCUT2D eigenvalue weighted by Gasteiger charge is -2.29. The molecule has 0 spiro atoms. The van der Waals surface area contributed by atoms with Crippen molar-refractivity contribution in [3.63, 3.8) is 0 Å². The predicted octanol–water partition coefficient (Wildman–Crippen LogP) is 1.92. The van der Waals surface area contributed by atoms with E-state index in [9.17, 15) is 18.3 Å². The Kier molecular flexibility index (Phi) is 9.71. The van der Waals surface area contributed by atoms with Gasteiger partial charge < -0.3 is 24.6 Å². The number of methoxy groups -OCH3 is 1. The van der Waals surface area contributed by atoms with Crippen LogP contribution in [0.15, 0.2) is 58.5 Å². The SMILES string of the molecule is C#CCNC(=O)C1=C[C@@H](c2cccs2)C[C@@H](OCCN(CCO)S(=O)(=O)c2ccc(OC)cc2)O1. The molecule has 2 N–H and O–H groups in total. The summed E-state index contributed by atoms with van der Waals surface area (Å²) in [5, 5.41) is 14.0. The first-order valence-electron chi connectivity index (χ1n) is 10.9. The number of allylic oxidation sites excluding steroid dienone is 1. The topological polar surface area (TPSA) is 114 Å². The summed E-state index contributed by atoms with van der Waals surface area (Å²) in [7, 11) is -2.37. The van der Waals surface area contributed by atoms with Crippen LogP contribution in [0, 0.1) is 12.3 Å². The summed E-state index contributed by atoms with van der Waals surface area (Å²) in [6, 6.07) is 9.90. The third kappa shape index (κ3) is 7.06. The maximum Gasteiger partial charge on any atom is 0.286 e. The minimum atomic E-state index is -3.87. The number of aliphatic hydroxyl groups excluding tert-OH is 1. The third-order valence-electron chi connectivity index (χ3n) is 5.23. The number of amides is 1. The number of hydrogen-bond donors (Lipinski definition) is 2. The van der Waals surface area contributed by atoms with Gasteiger partial charge in [0.1, 0.15) is 5.75 Å². The second kappa shape index (κ2) is 12.7. The van der Waals surface area contributed by atoms with E-state index in [2.05, 4.69) is 11.2 Å². The smallest absolute Gasteiger partial charge is 0.286 e. The van der Waals surface area contributed by atoms with E-state index in [-0.39, 0.29) is 49.4 Å². The van der Waals surface area contributed by atoms with Crippen molar-refractivity contribution in [2.75, 3.05) is 40.0 Å². The zero-order chi connectivity index (χ0) is 25.3. The highest BCUT2D eigenvalue weighted by Gasteiger charge is 2.30. The van der Waals surface area contributed by atoms with Crippen molar-refractivity contribution in [1.82, 2.24) is 9.62 Å². The quantitative estimate of drug-likeness (QED) is 0.411. The Morgan fingerprint density at radius 2 is 2.09 bits per heavy atom. The first-order valence-corrected chi connectivity index (χ1v) is 13.2. The number of ether oxygens (including phenoxy) is 3. The van der Waals surface area contributed by atoms with Crippen molar-refractivity contribution < 1.29 is 32.5 Å². The Labute approximate surface area is 209 Å². The van der Waals surface area contributed by atoms with E-state index in [4.69, 9.17) is 20.6 Å². The summed E-state index contributed by atoms with van der Waals surface area (Å²) in [5.41, 5.74) is 0. The van der Waals surface area contributed by atoms with Crippen molar-refractivity contribution in [3.05, 3.63) is 58.5 Å². The average Bonchev–Trinajstić information content (AvgIpc) is 3.42. The summed E-state index contributed by atoms with van der Waals surface area (Å²) >= 11 is 1.56. The molecule has 1 aliphatic heterocycles. The molecule has 1 amide bonds. The number of benzene rings is 1. The van der Waals surface area contributed by atoms with Crippen LogP contribution in [-0.2, 0) is 24.3 Å². The molecule has 188 valence electrons. The Balaban J connectivity index is 1.67. The lowest BCUT2D eigenvalue weighted by Crippen LogP contribution is -2.38. The summed E-state index contributed by atoms with van der Waals surface area (Å²) in [6.45, 7) is -0.399. The van der Waals surface area contributed by atoms with E-state index in [1.165, 1.54) is 19.2 Å². The zero-order valence-electron chi connectivity index (χ0n) is 19.3. The van der Waals surface area contributed by atoms with Crippen molar-refractivity contribution in [2.45, 2.75) is 23.5 Å². The normalized spacial score (nSPS) is 17.8. The fourth-order valence-electron chi connectivity index (χ4n) is 3.48. The highest BCUT2D eigenvalue weighted by atomic mass is 32.2. The van der Waals surface area contributed by atoms with Crippen LogP contribution >= 0.6 is 11.3 Å². The van der Waals surface area contributed by atoms with Gasteiger partial charge in [-0.2, -0.15) is 4.31 Å². The molecule has 1 aromatic carbocycles. The number of nitrogens with zero attached hydrogens (tertiary/aromatic N) is 1. The zero-order valence-corrected chi connectivity index (χ0v) is 20.9. The van der Waals surface area contributed by atoms with Gasteiger partial charge in [-0.1, -0.05) is 12.0 Å². The van der Waals surface area contributed by atoms with E-state index >= 15 is 0 Å². The van der Waals surface area contributed by atoms with Crippen LogP contribution < -0.4 is 10.1 Å². The monoisotopic (exact) mass is 520 g/mol. The van der Waals surface area contributed by atoms with Gasteiger partial charge in [-0.05, 0) is 41.8 Å². The number of carbonyl (C=O) groups excluding carboxylic acids is 1. The molecule has 1 aliphatic rings. The number of carbonyl (C=O) groups is 1.